The van der Waals surface area contributed by atoms with Crippen LogP contribution in [0.4, 0.5) is 4.39 Å². The molecule has 1 unspecified atom stereocenters. The molecule has 1 atom stereocenters. The Labute approximate surface area is 245 Å². The third-order valence-electron chi connectivity index (χ3n) is 6.04. The molecule has 0 spiro atoms. The van der Waals surface area contributed by atoms with Gasteiger partial charge in [-0.2, -0.15) is 0 Å². The highest BCUT2D eigenvalue weighted by molar-refractivity contribution is 5.83. The van der Waals surface area contributed by atoms with E-state index in [1.54, 1.807) is 0 Å². The quantitative estimate of drug-likeness (QED) is 0.0547. The zero-order valence-electron chi connectivity index (χ0n) is 24.6. The van der Waals surface area contributed by atoms with Crippen molar-refractivity contribution in [1.29, 1.82) is 0 Å². The molecule has 42 heavy (non-hydrogen) atoms. The first kappa shape index (κ1) is 38.6. The number of amides is 6. The van der Waals surface area contributed by atoms with Crippen molar-refractivity contribution in [3.63, 3.8) is 0 Å². The highest BCUT2D eigenvalue weighted by atomic mass is 19.1. The van der Waals surface area contributed by atoms with Crippen LogP contribution in [0.15, 0.2) is 0 Å². The Morgan fingerprint density at radius 3 is 1.52 bits per heavy atom. The van der Waals surface area contributed by atoms with Crippen molar-refractivity contribution in [3.05, 3.63) is 0 Å². The van der Waals surface area contributed by atoms with Crippen LogP contribution in [0.3, 0.4) is 0 Å². The van der Waals surface area contributed by atoms with Gasteiger partial charge in [0.15, 0.2) is 0 Å². The number of carbonyl (C=O) groups is 6. The molecule has 0 aliphatic carbocycles. The van der Waals surface area contributed by atoms with Crippen LogP contribution in [-0.4, -0.2) is 112 Å². The number of rotatable bonds is 23. The third kappa shape index (κ3) is 21.4. The Morgan fingerprint density at radius 2 is 1.07 bits per heavy atom. The topological polar surface area (TPSA) is 209 Å². The molecule has 0 bridgehead atoms. The second-order valence-corrected chi connectivity index (χ2v) is 9.82. The maximum Gasteiger partial charge on any atom is 0.246 e. The molecule has 242 valence electrons. The van der Waals surface area contributed by atoms with Gasteiger partial charge in [0, 0.05) is 78.7 Å². The van der Waals surface area contributed by atoms with E-state index < -0.39 is 29.8 Å². The minimum Gasteiger partial charge on any atom is -0.356 e. The lowest BCUT2D eigenvalue weighted by atomic mass is 10.2. The van der Waals surface area contributed by atoms with Crippen molar-refractivity contribution < 1.29 is 48.8 Å². The number of alkyl halides is 1. The fourth-order valence-corrected chi connectivity index (χ4v) is 3.48. The number of unbranched alkanes of at least 4 members (excludes halogenated alkanes) is 4. The molecule has 6 amide bonds. The lowest BCUT2D eigenvalue weighted by molar-refractivity contribution is -0.166. The minimum atomic E-state index is -1.42. The molecule has 0 rings (SSSR count). The molecular formula is C26H47FN6O9. The third-order valence-corrected chi connectivity index (χ3v) is 6.04. The number of nitrogens with zero attached hydrogens (tertiary/aromatic N) is 3. The van der Waals surface area contributed by atoms with Gasteiger partial charge in [-0.05, 0) is 38.5 Å². The number of hydroxylamine groups is 6. The van der Waals surface area contributed by atoms with Gasteiger partial charge in [0.1, 0.15) is 6.17 Å². The molecule has 0 aromatic heterocycles. The lowest BCUT2D eigenvalue weighted by Crippen LogP contribution is -2.34. The van der Waals surface area contributed by atoms with E-state index in [0.29, 0.717) is 66.8 Å². The number of hydrogen-bond donors (Lipinski definition) is 6. The van der Waals surface area contributed by atoms with Gasteiger partial charge in [-0.15, -0.1) is 0 Å². The first-order valence-corrected chi connectivity index (χ1v) is 14.2. The molecule has 0 heterocycles. The van der Waals surface area contributed by atoms with E-state index in [4.69, 9.17) is 0 Å². The highest BCUT2D eigenvalue weighted by Crippen LogP contribution is 2.04. The smallest absolute Gasteiger partial charge is 0.246 e. The summed E-state index contributed by atoms with van der Waals surface area (Å²) in [5.41, 5.74) is 0. The van der Waals surface area contributed by atoms with Crippen molar-refractivity contribution in [1.82, 2.24) is 31.1 Å². The summed E-state index contributed by atoms with van der Waals surface area (Å²) in [5.74, 6) is -2.83. The van der Waals surface area contributed by atoms with Crippen molar-refractivity contribution >= 4 is 35.4 Å². The Hall–Kier alpha value is -3.37. The SMILES string of the molecule is CC(=O)NCC(F)CCN(O)C(=O)CCC(=O)NCCCCCN(O)C(=O)CCC(=O)NCCCCCN(O)C(C)=O. The number of carbonyl (C=O) groups excluding carboxylic acids is 6. The molecule has 0 saturated carbocycles. The molecule has 0 aromatic carbocycles. The molecular weight excluding hydrogens is 559 g/mol. The van der Waals surface area contributed by atoms with E-state index in [-0.39, 0.29) is 70.1 Å². The van der Waals surface area contributed by atoms with E-state index in [1.807, 2.05) is 0 Å². The summed E-state index contributed by atoms with van der Waals surface area (Å²) in [6.07, 6.45) is 1.36. The molecule has 0 aliphatic rings. The maximum atomic E-state index is 13.6. The molecule has 0 aromatic rings. The summed E-state index contributed by atoms with van der Waals surface area (Å²) in [4.78, 5) is 69.2. The van der Waals surface area contributed by atoms with E-state index >= 15 is 0 Å². The summed E-state index contributed by atoms with van der Waals surface area (Å²) >= 11 is 0. The Morgan fingerprint density at radius 1 is 0.619 bits per heavy atom. The fourth-order valence-electron chi connectivity index (χ4n) is 3.48. The summed E-state index contributed by atoms with van der Waals surface area (Å²) < 4.78 is 13.6. The number of halogens is 1. The van der Waals surface area contributed by atoms with Crippen LogP contribution < -0.4 is 16.0 Å². The standard InChI is InChI=1S/C26H47FN6O9/c1-20(34)30-19-22(27)13-18-33(42)26(39)12-10-24(37)29-15-6-4-8-17-32(41)25(38)11-9-23(36)28-14-5-3-7-16-31(40)21(2)35/h22,40-42H,3-19H2,1-2H3,(H,28,36)(H,29,37)(H,30,34). The predicted molar refractivity (Wildman–Crippen MR) is 147 cm³/mol. The lowest BCUT2D eigenvalue weighted by Gasteiger charge is -2.16. The second-order valence-electron chi connectivity index (χ2n) is 9.82. The Balaban J connectivity index is 3.82. The maximum absolute atomic E-state index is 13.6. The van der Waals surface area contributed by atoms with Crippen LogP contribution in [0.5, 0.6) is 0 Å². The van der Waals surface area contributed by atoms with Gasteiger partial charge >= 0.3 is 0 Å². The van der Waals surface area contributed by atoms with Crippen molar-refractivity contribution in [3.8, 4) is 0 Å². The van der Waals surface area contributed by atoms with Crippen LogP contribution in [0.25, 0.3) is 0 Å². The van der Waals surface area contributed by atoms with E-state index in [0.717, 1.165) is 0 Å². The highest BCUT2D eigenvalue weighted by Gasteiger charge is 2.16. The summed E-state index contributed by atoms with van der Waals surface area (Å²) in [7, 11) is 0. The van der Waals surface area contributed by atoms with Gasteiger partial charge in [0.05, 0.1) is 6.54 Å². The van der Waals surface area contributed by atoms with Gasteiger partial charge in [-0.25, -0.2) is 19.6 Å². The molecule has 0 radical (unpaired) electrons. The van der Waals surface area contributed by atoms with Crippen LogP contribution in [0.1, 0.15) is 84.5 Å². The van der Waals surface area contributed by atoms with Crippen molar-refractivity contribution in [2.24, 2.45) is 0 Å². The van der Waals surface area contributed by atoms with Crippen LogP contribution in [-0.2, 0) is 28.8 Å². The second kappa shape index (κ2) is 23.2. The first-order valence-electron chi connectivity index (χ1n) is 14.2. The first-order chi connectivity index (χ1) is 19.8. The normalized spacial score (nSPS) is 11.3. The predicted octanol–water partition coefficient (Wildman–Crippen LogP) is 0.657. The largest absolute Gasteiger partial charge is 0.356 e. The van der Waals surface area contributed by atoms with Crippen LogP contribution in [0.2, 0.25) is 0 Å². The Bertz CT molecular complexity index is 864. The molecule has 0 fully saturated rings. The average Bonchev–Trinajstić information content (AvgIpc) is 2.95. The average molecular weight is 607 g/mol. The van der Waals surface area contributed by atoms with Crippen LogP contribution >= 0.6 is 0 Å². The van der Waals surface area contributed by atoms with Crippen molar-refractivity contribution in [2.75, 3.05) is 39.3 Å². The van der Waals surface area contributed by atoms with Crippen LogP contribution in [0, 0.1) is 0 Å². The van der Waals surface area contributed by atoms with Crippen molar-refractivity contribution in [2.45, 2.75) is 90.6 Å². The number of nitrogens with one attached hydrogen (secondary N) is 3. The van der Waals surface area contributed by atoms with E-state index in [1.165, 1.54) is 13.8 Å². The summed E-state index contributed by atoms with van der Waals surface area (Å²) in [6.45, 7) is 3.03. The zero-order valence-corrected chi connectivity index (χ0v) is 24.6. The van der Waals surface area contributed by atoms with E-state index in [9.17, 15) is 48.8 Å². The molecule has 0 saturated heterocycles. The molecule has 6 N–H and O–H groups in total. The molecule has 0 aliphatic heterocycles. The minimum absolute atomic E-state index is 0.0673. The molecule has 15 nitrogen and oxygen atoms in total. The summed E-state index contributed by atoms with van der Waals surface area (Å²) in [6, 6.07) is 0. The van der Waals surface area contributed by atoms with Gasteiger partial charge in [0.2, 0.25) is 35.4 Å². The monoisotopic (exact) mass is 606 g/mol. The summed E-state index contributed by atoms with van der Waals surface area (Å²) in [5, 5.41) is 37.9. The Kier molecular flexibility index (Phi) is 21.4. The van der Waals surface area contributed by atoms with Gasteiger partial charge in [-0.1, -0.05) is 0 Å². The fraction of sp³-hybridized carbons (Fsp3) is 0.769. The van der Waals surface area contributed by atoms with Gasteiger partial charge in [-0.3, -0.25) is 44.4 Å². The number of hydrogen-bond acceptors (Lipinski definition) is 9. The van der Waals surface area contributed by atoms with Gasteiger partial charge in [0.25, 0.3) is 0 Å². The molecule has 16 heteroatoms. The van der Waals surface area contributed by atoms with Gasteiger partial charge < -0.3 is 16.0 Å². The van der Waals surface area contributed by atoms with E-state index in [2.05, 4.69) is 16.0 Å². The zero-order chi connectivity index (χ0) is 31.9.